The van der Waals surface area contributed by atoms with Gasteiger partial charge in [0.15, 0.2) is 0 Å². The number of anilines is 2. The molecule has 7 heteroatoms. The Kier molecular flexibility index (Phi) is 8.62. The highest BCUT2D eigenvalue weighted by atomic mass is 19.1. The van der Waals surface area contributed by atoms with Gasteiger partial charge in [0.2, 0.25) is 0 Å². The fraction of sp³-hybridized carbons (Fsp3) is 0.259. The Bertz CT molecular complexity index is 1100. The number of halogens is 1. The zero-order valence-corrected chi connectivity index (χ0v) is 19.8. The minimum Gasteiger partial charge on any atom is -0.377 e. The molecule has 0 radical (unpaired) electrons. The van der Waals surface area contributed by atoms with Gasteiger partial charge in [0, 0.05) is 50.7 Å². The SMILES string of the molecule is CCCN(Cc1cc(NC(=O)NCc2ccccc2)ccc1N(C)C)C(=O)c1ccc(F)cc1. The molecular formula is C27H31FN4O2. The number of carbonyl (C=O) groups is 2. The van der Waals surface area contributed by atoms with E-state index in [1.807, 2.05) is 74.4 Å². The normalized spacial score (nSPS) is 10.5. The van der Waals surface area contributed by atoms with E-state index in [2.05, 4.69) is 10.6 Å². The molecule has 2 N–H and O–H groups in total. The van der Waals surface area contributed by atoms with E-state index in [0.29, 0.717) is 30.9 Å². The molecule has 3 rings (SSSR count). The number of benzene rings is 3. The Labute approximate surface area is 200 Å². The topological polar surface area (TPSA) is 64.7 Å². The second-order valence-electron chi connectivity index (χ2n) is 8.26. The number of carbonyl (C=O) groups excluding carboxylic acids is 2. The second-order valence-corrected chi connectivity index (χ2v) is 8.26. The van der Waals surface area contributed by atoms with Crippen molar-refractivity contribution in [2.75, 3.05) is 30.9 Å². The smallest absolute Gasteiger partial charge is 0.319 e. The van der Waals surface area contributed by atoms with E-state index in [-0.39, 0.29) is 17.8 Å². The number of rotatable bonds is 9. The Morgan fingerprint density at radius 2 is 1.65 bits per heavy atom. The van der Waals surface area contributed by atoms with Gasteiger partial charge < -0.3 is 20.4 Å². The van der Waals surface area contributed by atoms with Crippen molar-refractivity contribution in [3.63, 3.8) is 0 Å². The fourth-order valence-electron chi connectivity index (χ4n) is 3.68. The third-order valence-electron chi connectivity index (χ3n) is 5.35. The fourth-order valence-corrected chi connectivity index (χ4v) is 3.68. The number of amides is 3. The minimum absolute atomic E-state index is 0.162. The van der Waals surface area contributed by atoms with Gasteiger partial charge in [0.05, 0.1) is 0 Å². The molecule has 0 spiro atoms. The van der Waals surface area contributed by atoms with Crippen LogP contribution in [0.25, 0.3) is 0 Å². The van der Waals surface area contributed by atoms with Crippen molar-refractivity contribution in [1.29, 1.82) is 0 Å². The predicted octanol–water partition coefficient (Wildman–Crippen LogP) is 5.27. The van der Waals surface area contributed by atoms with Crippen LogP contribution in [-0.4, -0.2) is 37.5 Å². The summed E-state index contributed by atoms with van der Waals surface area (Å²) in [5.41, 5.74) is 3.93. The molecule has 0 atom stereocenters. The number of urea groups is 1. The first-order valence-electron chi connectivity index (χ1n) is 11.3. The number of nitrogens with zero attached hydrogens (tertiary/aromatic N) is 2. The van der Waals surface area contributed by atoms with Gasteiger partial charge in [-0.15, -0.1) is 0 Å². The summed E-state index contributed by atoms with van der Waals surface area (Å²) in [5.74, 6) is -0.539. The quantitative estimate of drug-likeness (QED) is 0.456. The maximum atomic E-state index is 13.3. The average molecular weight is 463 g/mol. The summed E-state index contributed by atoms with van der Waals surface area (Å²) in [5, 5.41) is 5.73. The maximum absolute atomic E-state index is 13.3. The van der Waals surface area contributed by atoms with Gasteiger partial charge in [-0.1, -0.05) is 37.3 Å². The van der Waals surface area contributed by atoms with Crippen LogP contribution in [0.15, 0.2) is 72.8 Å². The standard InChI is InChI=1S/C27H31FN4O2/c1-4-16-32(26(33)21-10-12-23(28)13-11-21)19-22-17-24(14-15-25(22)31(2)3)30-27(34)29-18-20-8-6-5-7-9-20/h5-15,17H,4,16,18-19H2,1-3H3,(H2,29,30,34). The van der Waals surface area contributed by atoms with Crippen LogP contribution in [0, 0.1) is 5.82 Å². The predicted molar refractivity (Wildman–Crippen MR) is 135 cm³/mol. The lowest BCUT2D eigenvalue weighted by Crippen LogP contribution is -2.32. The third-order valence-corrected chi connectivity index (χ3v) is 5.35. The number of hydrogen-bond donors (Lipinski definition) is 2. The van der Waals surface area contributed by atoms with Crippen molar-refractivity contribution < 1.29 is 14.0 Å². The average Bonchev–Trinajstić information content (AvgIpc) is 2.83. The van der Waals surface area contributed by atoms with Crippen LogP contribution in [0.2, 0.25) is 0 Å². The monoisotopic (exact) mass is 462 g/mol. The van der Waals surface area contributed by atoms with Crippen molar-refractivity contribution >= 4 is 23.3 Å². The van der Waals surface area contributed by atoms with Gasteiger partial charge in [-0.05, 0) is 60.0 Å². The molecule has 0 fully saturated rings. The summed E-state index contributed by atoms with van der Waals surface area (Å²) in [7, 11) is 3.87. The lowest BCUT2D eigenvalue weighted by atomic mass is 10.1. The molecule has 0 aliphatic carbocycles. The first-order valence-corrected chi connectivity index (χ1v) is 11.3. The van der Waals surface area contributed by atoms with Gasteiger partial charge in [0.1, 0.15) is 5.82 Å². The third kappa shape index (κ3) is 6.81. The highest BCUT2D eigenvalue weighted by Gasteiger charge is 2.18. The molecular weight excluding hydrogens is 431 g/mol. The number of nitrogens with one attached hydrogen (secondary N) is 2. The van der Waals surface area contributed by atoms with Gasteiger partial charge in [-0.3, -0.25) is 4.79 Å². The van der Waals surface area contributed by atoms with Crippen LogP contribution in [-0.2, 0) is 13.1 Å². The van der Waals surface area contributed by atoms with Gasteiger partial charge in [-0.2, -0.15) is 0 Å². The maximum Gasteiger partial charge on any atom is 0.319 e. The first kappa shape index (κ1) is 24.8. The van der Waals surface area contributed by atoms with Crippen LogP contribution in [0.4, 0.5) is 20.6 Å². The van der Waals surface area contributed by atoms with Crippen molar-refractivity contribution in [3.8, 4) is 0 Å². The van der Waals surface area contributed by atoms with E-state index in [0.717, 1.165) is 23.2 Å². The Morgan fingerprint density at radius 3 is 2.29 bits per heavy atom. The van der Waals surface area contributed by atoms with Gasteiger partial charge >= 0.3 is 6.03 Å². The van der Waals surface area contributed by atoms with Crippen LogP contribution >= 0.6 is 0 Å². The molecule has 3 aromatic rings. The molecule has 0 saturated carbocycles. The molecule has 6 nitrogen and oxygen atoms in total. The summed E-state index contributed by atoms with van der Waals surface area (Å²) >= 11 is 0. The summed E-state index contributed by atoms with van der Waals surface area (Å²) in [6.07, 6.45) is 0.782. The molecule has 0 unspecified atom stereocenters. The Hall–Kier alpha value is -3.87. The van der Waals surface area contributed by atoms with E-state index in [9.17, 15) is 14.0 Å². The van der Waals surface area contributed by atoms with Crippen molar-refractivity contribution in [1.82, 2.24) is 10.2 Å². The van der Waals surface area contributed by atoms with Crippen LogP contribution in [0.1, 0.15) is 34.8 Å². The molecule has 178 valence electrons. The van der Waals surface area contributed by atoms with Crippen LogP contribution < -0.4 is 15.5 Å². The van der Waals surface area contributed by atoms with E-state index in [4.69, 9.17) is 0 Å². The molecule has 3 amide bonds. The van der Waals surface area contributed by atoms with E-state index in [1.165, 1.54) is 24.3 Å². The van der Waals surface area contributed by atoms with E-state index < -0.39 is 0 Å². The summed E-state index contributed by atoms with van der Waals surface area (Å²) < 4.78 is 13.3. The molecule has 0 aliphatic rings. The first-order chi connectivity index (χ1) is 16.4. The lowest BCUT2D eigenvalue weighted by molar-refractivity contribution is 0.0743. The lowest BCUT2D eigenvalue weighted by Gasteiger charge is -2.26. The van der Waals surface area contributed by atoms with E-state index in [1.54, 1.807) is 4.90 Å². The largest absolute Gasteiger partial charge is 0.377 e. The second kappa shape index (κ2) is 11.8. The Morgan fingerprint density at radius 1 is 0.941 bits per heavy atom. The highest BCUT2D eigenvalue weighted by Crippen LogP contribution is 2.25. The van der Waals surface area contributed by atoms with Gasteiger partial charge in [-0.25, -0.2) is 9.18 Å². The highest BCUT2D eigenvalue weighted by molar-refractivity contribution is 5.94. The van der Waals surface area contributed by atoms with E-state index >= 15 is 0 Å². The molecule has 0 heterocycles. The molecule has 34 heavy (non-hydrogen) atoms. The van der Waals surface area contributed by atoms with Crippen LogP contribution in [0.3, 0.4) is 0 Å². The van der Waals surface area contributed by atoms with Crippen molar-refractivity contribution in [2.45, 2.75) is 26.4 Å². The Balaban J connectivity index is 1.76. The van der Waals surface area contributed by atoms with Crippen LogP contribution in [0.5, 0.6) is 0 Å². The molecule has 0 aliphatic heterocycles. The summed E-state index contributed by atoms with van der Waals surface area (Å²) in [6.45, 7) is 3.34. The molecule has 0 bridgehead atoms. The molecule has 0 saturated heterocycles. The summed E-state index contributed by atoms with van der Waals surface area (Å²) in [4.78, 5) is 29.3. The zero-order chi connectivity index (χ0) is 24.5. The van der Waals surface area contributed by atoms with Crippen molar-refractivity contribution in [3.05, 3.63) is 95.3 Å². The number of hydrogen-bond acceptors (Lipinski definition) is 3. The molecule has 3 aromatic carbocycles. The summed E-state index contributed by atoms with van der Waals surface area (Å²) in [6, 6.07) is 20.6. The minimum atomic E-state index is -0.377. The van der Waals surface area contributed by atoms with Crippen molar-refractivity contribution in [2.24, 2.45) is 0 Å². The van der Waals surface area contributed by atoms with Gasteiger partial charge in [0.25, 0.3) is 5.91 Å². The molecule has 0 aromatic heterocycles. The zero-order valence-electron chi connectivity index (χ0n) is 19.8.